The fourth-order valence-electron chi connectivity index (χ4n) is 2.85. The third-order valence-electron chi connectivity index (χ3n) is 4.08. The smallest absolute Gasteiger partial charge is 0.0346 e. The molecule has 1 aromatic heterocycles. The summed E-state index contributed by atoms with van der Waals surface area (Å²) in [6, 6.07) is 9.27. The van der Waals surface area contributed by atoms with Gasteiger partial charge < -0.3 is 5.32 Å². The molecule has 0 fully saturated rings. The highest BCUT2D eigenvalue weighted by Gasteiger charge is 2.13. The average Bonchev–Trinajstić information content (AvgIpc) is 2.91. The van der Waals surface area contributed by atoms with Crippen LogP contribution in [0.1, 0.15) is 63.5 Å². The van der Waals surface area contributed by atoms with Crippen molar-refractivity contribution in [2.24, 2.45) is 0 Å². The van der Waals surface area contributed by atoms with Crippen LogP contribution in [-0.4, -0.2) is 7.05 Å². The maximum absolute atomic E-state index is 3.51. The van der Waals surface area contributed by atoms with Gasteiger partial charge >= 0.3 is 0 Å². The quantitative estimate of drug-likeness (QED) is 0.566. The normalized spacial score (nSPS) is 12.9. The molecule has 1 N–H and O–H groups in total. The molecule has 0 spiro atoms. The van der Waals surface area contributed by atoms with Crippen molar-refractivity contribution < 1.29 is 0 Å². The van der Waals surface area contributed by atoms with E-state index in [9.17, 15) is 0 Å². The second-order valence-corrected chi connectivity index (χ2v) is 6.50. The lowest BCUT2D eigenvalue weighted by molar-refractivity contribution is 0.501. The monoisotopic (exact) mass is 289 g/mol. The van der Waals surface area contributed by atoms with E-state index < -0.39 is 0 Å². The predicted octanol–water partition coefficient (Wildman–Crippen LogP) is 5.91. The molecule has 1 nitrogen and oxygen atoms in total. The maximum Gasteiger partial charge on any atom is 0.0346 e. The van der Waals surface area contributed by atoms with Gasteiger partial charge in [-0.05, 0) is 35.9 Å². The van der Waals surface area contributed by atoms with Crippen molar-refractivity contribution in [3.05, 3.63) is 35.2 Å². The molecule has 110 valence electrons. The van der Waals surface area contributed by atoms with Crippen LogP contribution < -0.4 is 5.32 Å². The van der Waals surface area contributed by atoms with E-state index in [0.717, 1.165) is 0 Å². The molecular weight excluding hydrogens is 262 g/mol. The summed E-state index contributed by atoms with van der Waals surface area (Å²) in [7, 11) is 2.09. The lowest BCUT2D eigenvalue weighted by Crippen LogP contribution is -2.15. The Kier molecular flexibility index (Phi) is 6.55. The molecule has 0 aliphatic heterocycles. The number of hydrogen-bond acceptors (Lipinski definition) is 2. The second kappa shape index (κ2) is 8.43. The molecule has 1 heterocycles. The number of rotatable bonds is 9. The van der Waals surface area contributed by atoms with Crippen molar-refractivity contribution >= 4 is 21.4 Å². The summed E-state index contributed by atoms with van der Waals surface area (Å²) in [5, 5.41) is 7.27. The lowest BCUT2D eigenvalue weighted by atomic mass is 9.99. The molecule has 0 aliphatic carbocycles. The zero-order valence-electron chi connectivity index (χ0n) is 12.8. The number of nitrogens with one attached hydrogen (secondary N) is 1. The zero-order chi connectivity index (χ0) is 14.2. The molecule has 0 saturated heterocycles. The Balaban J connectivity index is 1.88. The van der Waals surface area contributed by atoms with Crippen molar-refractivity contribution in [3.8, 4) is 0 Å². The molecule has 0 radical (unpaired) electrons. The van der Waals surface area contributed by atoms with Crippen LogP contribution in [0.15, 0.2) is 29.6 Å². The Labute approximate surface area is 127 Å². The van der Waals surface area contributed by atoms with Crippen LogP contribution in [-0.2, 0) is 0 Å². The van der Waals surface area contributed by atoms with Crippen LogP contribution in [0.25, 0.3) is 10.1 Å². The van der Waals surface area contributed by atoms with Gasteiger partial charge in [0.25, 0.3) is 0 Å². The molecule has 0 amide bonds. The zero-order valence-corrected chi connectivity index (χ0v) is 13.6. The minimum Gasteiger partial charge on any atom is -0.313 e. The highest BCUT2D eigenvalue weighted by molar-refractivity contribution is 7.17. The molecule has 0 aliphatic rings. The molecule has 20 heavy (non-hydrogen) atoms. The van der Waals surface area contributed by atoms with Gasteiger partial charge in [0.15, 0.2) is 0 Å². The van der Waals surface area contributed by atoms with E-state index in [-0.39, 0.29) is 0 Å². The first-order chi connectivity index (χ1) is 9.86. The van der Waals surface area contributed by atoms with E-state index in [1.807, 2.05) is 11.3 Å². The summed E-state index contributed by atoms with van der Waals surface area (Å²) in [5.74, 6) is 0. The van der Waals surface area contributed by atoms with E-state index in [0.29, 0.717) is 6.04 Å². The highest BCUT2D eigenvalue weighted by Crippen LogP contribution is 2.32. The Morgan fingerprint density at radius 2 is 1.80 bits per heavy atom. The summed E-state index contributed by atoms with van der Waals surface area (Å²) < 4.78 is 1.41. The Morgan fingerprint density at radius 1 is 1.05 bits per heavy atom. The van der Waals surface area contributed by atoms with Crippen molar-refractivity contribution in [2.45, 2.75) is 57.9 Å². The fraction of sp³-hybridized carbons (Fsp3) is 0.556. The molecule has 0 saturated carbocycles. The van der Waals surface area contributed by atoms with Gasteiger partial charge in [-0.15, -0.1) is 11.3 Å². The van der Waals surface area contributed by atoms with E-state index in [2.05, 4.69) is 48.9 Å². The Bertz CT molecular complexity index is 503. The molecule has 2 rings (SSSR count). The topological polar surface area (TPSA) is 12.0 Å². The number of unbranched alkanes of at least 4 members (excludes halogenated alkanes) is 5. The molecule has 0 bridgehead atoms. The van der Waals surface area contributed by atoms with Crippen molar-refractivity contribution in [3.63, 3.8) is 0 Å². The third kappa shape index (κ3) is 4.07. The summed E-state index contributed by atoms with van der Waals surface area (Å²) in [5.41, 5.74) is 1.49. The number of benzene rings is 1. The summed E-state index contributed by atoms with van der Waals surface area (Å²) in [6.45, 7) is 2.28. The standard InChI is InChI=1S/C18H27NS/c1-3-4-5-6-7-8-12-17(19-2)16-14-20-18-13-10-9-11-15(16)18/h9-11,13-14,17,19H,3-8,12H2,1-2H3. The van der Waals surface area contributed by atoms with Gasteiger partial charge in [-0.3, -0.25) is 0 Å². The van der Waals surface area contributed by atoms with E-state index in [1.54, 1.807) is 0 Å². The Hall–Kier alpha value is -0.860. The first-order valence-electron chi connectivity index (χ1n) is 8.00. The fourth-order valence-corrected chi connectivity index (χ4v) is 3.87. The lowest BCUT2D eigenvalue weighted by Gasteiger charge is -2.15. The summed E-state index contributed by atoms with van der Waals surface area (Å²) in [4.78, 5) is 0. The Morgan fingerprint density at radius 3 is 2.60 bits per heavy atom. The van der Waals surface area contributed by atoms with Crippen LogP contribution in [0.4, 0.5) is 0 Å². The second-order valence-electron chi connectivity index (χ2n) is 5.58. The molecule has 1 unspecified atom stereocenters. The summed E-state index contributed by atoms with van der Waals surface area (Å²) in [6.07, 6.45) is 9.49. The molecule has 1 aromatic carbocycles. The van der Waals surface area contributed by atoms with Crippen molar-refractivity contribution in [2.75, 3.05) is 7.05 Å². The molecule has 2 aromatic rings. The first kappa shape index (κ1) is 15.5. The van der Waals surface area contributed by atoms with Crippen molar-refractivity contribution in [1.82, 2.24) is 5.32 Å². The molecular formula is C18H27NS. The molecule has 1 atom stereocenters. The predicted molar refractivity (Wildman–Crippen MR) is 91.6 cm³/mol. The number of thiophene rings is 1. The van der Waals surface area contributed by atoms with Gasteiger partial charge in [-0.25, -0.2) is 0 Å². The van der Waals surface area contributed by atoms with Gasteiger partial charge in [0, 0.05) is 10.7 Å². The average molecular weight is 289 g/mol. The van der Waals surface area contributed by atoms with Gasteiger partial charge in [0.05, 0.1) is 0 Å². The van der Waals surface area contributed by atoms with Crippen LogP contribution in [0.2, 0.25) is 0 Å². The third-order valence-corrected chi connectivity index (χ3v) is 5.06. The van der Waals surface area contributed by atoms with Crippen LogP contribution in [0.5, 0.6) is 0 Å². The van der Waals surface area contributed by atoms with Gasteiger partial charge in [-0.2, -0.15) is 0 Å². The van der Waals surface area contributed by atoms with Crippen LogP contribution in [0.3, 0.4) is 0 Å². The van der Waals surface area contributed by atoms with Crippen LogP contribution >= 0.6 is 11.3 Å². The minimum absolute atomic E-state index is 0.511. The van der Waals surface area contributed by atoms with Gasteiger partial charge in [-0.1, -0.05) is 63.6 Å². The van der Waals surface area contributed by atoms with E-state index in [1.165, 1.54) is 60.6 Å². The highest BCUT2D eigenvalue weighted by atomic mass is 32.1. The van der Waals surface area contributed by atoms with E-state index in [4.69, 9.17) is 0 Å². The van der Waals surface area contributed by atoms with Gasteiger partial charge in [0.1, 0.15) is 0 Å². The van der Waals surface area contributed by atoms with Crippen molar-refractivity contribution in [1.29, 1.82) is 0 Å². The first-order valence-corrected chi connectivity index (χ1v) is 8.88. The number of hydrogen-bond donors (Lipinski definition) is 1. The largest absolute Gasteiger partial charge is 0.313 e. The maximum atomic E-state index is 3.51. The summed E-state index contributed by atoms with van der Waals surface area (Å²) >= 11 is 1.87. The van der Waals surface area contributed by atoms with E-state index >= 15 is 0 Å². The van der Waals surface area contributed by atoms with Gasteiger partial charge in [0.2, 0.25) is 0 Å². The minimum atomic E-state index is 0.511. The molecule has 2 heteroatoms. The SMILES string of the molecule is CCCCCCCCC(NC)c1csc2ccccc12. The van der Waals surface area contributed by atoms with Crippen LogP contribution in [0, 0.1) is 0 Å². The number of fused-ring (bicyclic) bond motifs is 1.